The molecule has 0 aliphatic heterocycles. The minimum absolute atomic E-state index is 0.127. The van der Waals surface area contributed by atoms with E-state index in [4.69, 9.17) is 18.9 Å². The van der Waals surface area contributed by atoms with Crippen molar-refractivity contribution in [1.29, 1.82) is 0 Å². The third-order valence-corrected chi connectivity index (χ3v) is 7.27. The second kappa shape index (κ2) is 14.9. The van der Waals surface area contributed by atoms with Gasteiger partial charge in [0, 0.05) is 10.8 Å². The van der Waals surface area contributed by atoms with Crippen LogP contribution in [-0.4, -0.2) is 30.8 Å². The molecule has 1 atom stereocenters. The standard InChI is InChI=1S/C35H36INO6/c1-35(2,3)43-34(39)37-29(33(38)42-32(26-11-7-5-8-12-26)27-13-9-6-10-14-27)21-25-17-20-30(40-4)31(22-25)41-28-18-15-24(23-36)16-19-28/h5-20,22,29,32H,21,23H2,1-4H3,(H,37,39)/t29-/m0/s1. The van der Waals surface area contributed by atoms with Gasteiger partial charge in [0.15, 0.2) is 17.6 Å². The van der Waals surface area contributed by atoms with Crippen molar-refractivity contribution in [1.82, 2.24) is 5.32 Å². The monoisotopic (exact) mass is 693 g/mol. The molecule has 0 saturated heterocycles. The number of esters is 1. The SMILES string of the molecule is COc1ccc(C[C@H](NC(=O)OC(C)(C)C)C(=O)OC(c2ccccc2)c2ccccc2)cc1Oc1ccc(CI)cc1. The Morgan fingerprint density at radius 2 is 1.37 bits per heavy atom. The van der Waals surface area contributed by atoms with Gasteiger partial charge in [0.2, 0.25) is 0 Å². The zero-order valence-corrected chi connectivity index (χ0v) is 26.9. The highest BCUT2D eigenvalue weighted by Crippen LogP contribution is 2.33. The molecule has 0 aromatic heterocycles. The van der Waals surface area contributed by atoms with Gasteiger partial charge in [-0.25, -0.2) is 9.59 Å². The molecule has 0 saturated carbocycles. The van der Waals surface area contributed by atoms with Crippen LogP contribution in [0, 0.1) is 0 Å². The molecule has 0 fully saturated rings. The number of hydrogen-bond donors (Lipinski definition) is 1. The van der Waals surface area contributed by atoms with Crippen LogP contribution in [0.2, 0.25) is 0 Å². The van der Waals surface area contributed by atoms with Crippen molar-refractivity contribution in [2.24, 2.45) is 0 Å². The zero-order valence-electron chi connectivity index (χ0n) is 24.7. The number of alkyl halides is 1. The number of halogens is 1. The van der Waals surface area contributed by atoms with E-state index < -0.39 is 29.8 Å². The van der Waals surface area contributed by atoms with Gasteiger partial charge in [0.1, 0.15) is 17.4 Å². The molecule has 1 N–H and O–H groups in total. The summed E-state index contributed by atoms with van der Waals surface area (Å²) in [4.78, 5) is 26.7. The van der Waals surface area contributed by atoms with Crippen LogP contribution in [-0.2, 0) is 25.1 Å². The number of carbonyl (C=O) groups is 2. The third kappa shape index (κ3) is 9.47. The van der Waals surface area contributed by atoms with Crippen LogP contribution < -0.4 is 14.8 Å². The van der Waals surface area contributed by atoms with Gasteiger partial charge in [-0.2, -0.15) is 0 Å². The molecule has 1 amide bonds. The van der Waals surface area contributed by atoms with E-state index in [1.807, 2.05) is 91.0 Å². The molecule has 7 nitrogen and oxygen atoms in total. The number of rotatable bonds is 11. The van der Waals surface area contributed by atoms with E-state index in [0.29, 0.717) is 17.2 Å². The van der Waals surface area contributed by atoms with Gasteiger partial charge in [-0.15, -0.1) is 0 Å². The highest BCUT2D eigenvalue weighted by atomic mass is 127. The first-order valence-corrected chi connectivity index (χ1v) is 15.5. The molecule has 0 heterocycles. The first-order valence-electron chi connectivity index (χ1n) is 13.9. The van der Waals surface area contributed by atoms with E-state index in [-0.39, 0.29) is 6.42 Å². The molecule has 4 aromatic rings. The van der Waals surface area contributed by atoms with E-state index in [1.54, 1.807) is 40.0 Å². The maximum absolute atomic E-state index is 13.8. The summed E-state index contributed by atoms with van der Waals surface area (Å²) in [5.41, 5.74) is 2.79. The van der Waals surface area contributed by atoms with Crippen LogP contribution in [0.5, 0.6) is 17.2 Å². The van der Waals surface area contributed by atoms with Crippen LogP contribution in [0.25, 0.3) is 0 Å². The van der Waals surface area contributed by atoms with Crippen molar-refractivity contribution >= 4 is 34.7 Å². The van der Waals surface area contributed by atoms with Crippen molar-refractivity contribution in [3.05, 3.63) is 125 Å². The molecular weight excluding hydrogens is 657 g/mol. The zero-order chi connectivity index (χ0) is 30.8. The fourth-order valence-corrected chi connectivity index (χ4v) is 4.87. The van der Waals surface area contributed by atoms with Crippen LogP contribution in [0.4, 0.5) is 4.79 Å². The second-order valence-corrected chi connectivity index (χ2v) is 11.7. The Balaban J connectivity index is 1.62. The highest BCUT2D eigenvalue weighted by molar-refractivity contribution is 14.1. The summed E-state index contributed by atoms with van der Waals surface area (Å²) < 4.78 is 24.2. The lowest BCUT2D eigenvalue weighted by atomic mass is 10.0. The minimum atomic E-state index is -1.05. The Bertz CT molecular complexity index is 1450. The van der Waals surface area contributed by atoms with E-state index in [9.17, 15) is 9.59 Å². The number of nitrogens with one attached hydrogen (secondary N) is 1. The van der Waals surface area contributed by atoms with Crippen molar-refractivity contribution in [2.45, 2.75) is 49.4 Å². The lowest BCUT2D eigenvalue weighted by Crippen LogP contribution is -2.45. The van der Waals surface area contributed by atoms with E-state index in [2.05, 4.69) is 27.9 Å². The predicted octanol–water partition coefficient (Wildman–Crippen LogP) is 8.19. The Labute approximate surface area is 266 Å². The fraction of sp³-hybridized carbons (Fsp3) is 0.257. The van der Waals surface area contributed by atoms with Crippen molar-refractivity contribution in [2.75, 3.05) is 7.11 Å². The Kier molecular flexibility index (Phi) is 11.1. The maximum atomic E-state index is 13.8. The molecule has 224 valence electrons. The number of alkyl carbamates (subject to hydrolysis) is 1. The Morgan fingerprint density at radius 1 is 0.791 bits per heavy atom. The summed E-state index contributed by atoms with van der Waals surface area (Å²) in [6.07, 6.45) is -1.26. The molecular formula is C35H36INO6. The summed E-state index contributed by atoms with van der Waals surface area (Å²) in [5, 5.41) is 2.73. The average molecular weight is 694 g/mol. The van der Waals surface area contributed by atoms with E-state index >= 15 is 0 Å². The van der Waals surface area contributed by atoms with Gasteiger partial charge in [0.25, 0.3) is 0 Å². The molecule has 43 heavy (non-hydrogen) atoms. The normalized spacial score (nSPS) is 11.9. The van der Waals surface area contributed by atoms with Gasteiger partial charge in [-0.3, -0.25) is 0 Å². The smallest absolute Gasteiger partial charge is 0.408 e. The van der Waals surface area contributed by atoms with E-state index in [0.717, 1.165) is 21.1 Å². The van der Waals surface area contributed by atoms with Gasteiger partial charge in [-0.1, -0.05) is 101 Å². The summed E-state index contributed by atoms with van der Waals surface area (Å²) in [7, 11) is 1.57. The van der Waals surface area contributed by atoms with Gasteiger partial charge in [-0.05, 0) is 67.3 Å². The highest BCUT2D eigenvalue weighted by Gasteiger charge is 2.29. The molecule has 4 aromatic carbocycles. The van der Waals surface area contributed by atoms with Crippen LogP contribution in [0.15, 0.2) is 103 Å². The summed E-state index contributed by atoms with van der Waals surface area (Å²) in [6, 6.07) is 31.2. The number of carbonyl (C=O) groups excluding carboxylic acids is 2. The van der Waals surface area contributed by atoms with Crippen molar-refractivity contribution < 1.29 is 28.5 Å². The number of amides is 1. The number of methoxy groups -OCH3 is 1. The average Bonchev–Trinajstić information content (AvgIpc) is 3.00. The molecule has 0 radical (unpaired) electrons. The van der Waals surface area contributed by atoms with Gasteiger partial charge >= 0.3 is 12.1 Å². The molecule has 4 rings (SSSR count). The largest absolute Gasteiger partial charge is 0.493 e. The first-order chi connectivity index (χ1) is 20.6. The van der Waals surface area contributed by atoms with Crippen LogP contribution in [0.1, 0.15) is 49.1 Å². The first kappa shape index (κ1) is 31.9. The molecule has 0 bridgehead atoms. The maximum Gasteiger partial charge on any atom is 0.408 e. The molecule has 0 aliphatic carbocycles. The van der Waals surface area contributed by atoms with Crippen LogP contribution >= 0.6 is 22.6 Å². The lowest BCUT2D eigenvalue weighted by molar-refractivity contribution is -0.150. The molecule has 0 spiro atoms. The van der Waals surface area contributed by atoms with E-state index in [1.165, 1.54) is 5.56 Å². The quantitative estimate of drug-likeness (QED) is 0.0970. The fourth-order valence-electron chi connectivity index (χ4n) is 4.36. The molecule has 0 unspecified atom stereocenters. The third-order valence-electron chi connectivity index (χ3n) is 6.39. The Morgan fingerprint density at radius 3 is 1.91 bits per heavy atom. The predicted molar refractivity (Wildman–Crippen MR) is 175 cm³/mol. The van der Waals surface area contributed by atoms with Crippen LogP contribution in [0.3, 0.4) is 0 Å². The van der Waals surface area contributed by atoms with Gasteiger partial charge < -0.3 is 24.3 Å². The number of ether oxygens (including phenoxy) is 4. The summed E-state index contributed by atoms with van der Waals surface area (Å²) >= 11 is 2.31. The Hall–Kier alpha value is -4.05. The molecule has 0 aliphatic rings. The summed E-state index contributed by atoms with van der Waals surface area (Å²) in [5.74, 6) is 1.07. The summed E-state index contributed by atoms with van der Waals surface area (Å²) in [6.45, 7) is 5.29. The molecule has 8 heteroatoms. The van der Waals surface area contributed by atoms with Crippen molar-refractivity contribution in [3.63, 3.8) is 0 Å². The number of benzene rings is 4. The second-order valence-electron chi connectivity index (χ2n) is 10.9. The number of hydrogen-bond acceptors (Lipinski definition) is 6. The van der Waals surface area contributed by atoms with Crippen molar-refractivity contribution in [3.8, 4) is 17.2 Å². The van der Waals surface area contributed by atoms with Gasteiger partial charge in [0.05, 0.1) is 7.11 Å². The minimum Gasteiger partial charge on any atom is -0.493 e. The lowest BCUT2D eigenvalue weighted by Gasteiger charge is -2.25. The topological polar surface area (TPSA) is 83.1 Å².